The van der Waals surface area contributed by atoms with Crippen LogP contribution in [0.25, 0.3) is 6.08 Å². The molecule has 3 rings (SSSR count). The minimum Gasteiger partial charge on any atom is -0.379 e. The van der Waals surface area contributed by atoms with Crippen molar-refractivity contribution in [3.63, 3.8) is 0 Å². The lowest BCUT2D eigenvalue weighted by molar-refractivity contribution is 0.100. The largest absolute Gasteiger partial charge is 0.379 e. The van der Waals surface area contributed by atoms with Crippen LogP contribution in [0.5, 0.6) is 0 Å². The van der Waals surface area contributed by atoms with Crippen LogP contribution >= 0.6 is 0 Å². The molecule has 0 aliphatic carbocycles. The summed E-state index contributed by atoms with van der Waals surface area (Å²) in [6, 6.07) is 12.0. The van der Waals surface area contributed by atoms with Crippen molar-refractivity contribution in [1.82, 2.24) is 4.98 Å². The molecule has 1 aromatic heterocycles. The number of pyridine rings is 1. The number of anilines is 1. The van der Waals surface area contributed by atoms with Gasteiger partial charge in [0.15, 0.2) is 0 Å². The number of amides is 1. The third-order valence-electron chi connectivity index (χ3n) is 3.55. The maximum absolute atomic E-state index is 11.6. The van der Waals surface area contributed by atoms with Gasteiger partial charge in [0.1, 0.15) is 0 Å². The van der Waals surface area contributed by atoms with Crippen LogP contribution in [0.3, 0.4) is 0 Å². The second-order valence-corrected chi connectivity index (χ2v) is 5.05. The number of hydrogen-bond acceptors (Lipinski definition) is 3. The van der Waals surface area contributed by atoms with Crippen LogP contribution in [0.4, 0.5) is 5.69 Å². The van der Waals surface area contributed by atoms with Gasteiger partial charge in [-0.05, 0) is 30.5 Å². The number of nitrogens with one attached hydrogen (secondary N) is 1. The van der Waals surface area contributed by atoms with Crippen LogP contribution in [-0.2, 0) is 12.8 Å². The maximum atomic E-state index is 11.6. The Kier molecular flexibility index (Phi) is 3.69. The van der Waals surface area contributed by atoms with Gasteiger partial charge in [-0.3, -0.25) is 9.78 Å². The van der Waals surface area contributed by atoms with Crippen molar-refractivity contribution in [2.24, 2.45) is 5.73 Å². The zero-order chi connectivity index (χ0) is 14.7. The van der Waals surface area contributed by atoms with Crippen molar-refractivity contribution >= 4 is 17.7 Å². The number of nitrogens with zero attached hydrogens (tertiary/aromatic N) is 1. The summed E-state index contributed by atoms with van der Waals surface area (Å²) in [5.41, 5.74) is 9.68. The van der Waals surface area contributed by atoms with Gasteiger partial charge in [0.2, 0.25) is 0 Å². The molecule has 3 N–H and O–H groups in total. The van der Waals surface area contributed by atoms with E-state index in [1.807, 2.05) is 30.4 Å². The van der Waals surface area contributed by atoms with Gasteiger partial charge in [-0.15, -0.1) is 0 Å². The molecular weight excluding hydrogens is 262 g/mol. The van der Waals surface area contributed by atoms with Gasteiger partial charge in [-0.2, -0.15) is 0 Å². The first kappa shape index (κ1) is 13.4. The lowest BCUT2D eigenvalue weighted by atomic mass is 10.0. The Morgan fingerprint density at radius 1 is 1.24 bits per heavy atom. The fourth-order valence-electron chi connectivity index (χ4n) is 2.50. The predicted molar refractivity (Wildman–Crippen MR) is 84.1 cm³/mol. The number of carbonyl (C=O) groups excluding carboxylic acids is 1. The highest BCUT2D eigenvalue weighted by Crippen LogP contribution is 2.25. The smallest absolute Gasteiger partial charge is 0.250 e. The molecule has 0 fully saturated rings. The highest BCUT2D eigenvalue weighted by Gasteiger charge is 2.16. The number of fused-ring (bicyclic) bond motifs is 1. The fraction of sp³-hybridized carbons (Fsp3) is 0.176. The van der Waals surface area contributed by atoms with E-state index in [1.165, 1.54) is 5.56 Å². The SMILES string of the molecule is NC(=O)c1cc(CCc2ccccc2)nc2c1NCC=C2. The number of benzene rings is 1. The van der Waals surface area contributed by atoms with Crippen molar-refractivity contribution in [3.8, 4) is 0 Å². The first-order valence-electron chi connectivity index (χ1n) is 7.02. The van der Waals surface area contributed by atoms with Crippen molar-refractivity contribution < 1.29 is 4.79 Å². The second-order valence-electron chi connectivity index (χ2n) is 5.05. The quantitative estimate of drug-likeness (QED) is 0.903. The Hall–Kier alpha value is -2.62. The minimum atomic E-state index is -0.419. The van der Waals surface area contributed by atoms with Crippen molar-refractivity contribution in [2.75, 3.05) is 11.9 Å². The average Bonchev–Trinajstić information content (AvgIpc) is 2.53. The number of primary amides is 1. The summed E-state index contributed by atoms with van der Waals surface area (Å²) >= 11 is 0. The van der Waals surface area contributed by atoms with Crippen LogP contribution in [0.2, 0.25) is 0 Å². The summed E-state index contributed by atoms with van der Waals surface area (Å²) in [5, 5.41) is 3.16. The van der Waals surface area contributed by atoms with Gasteiger partial charge in [0.05, 0.1) is 16.9 Å². The molecule has 1 aliphatic rings. The summed E-state index contributed by atoms with van der Waals surface area (Å²) in [6.45, 7) is 0.693. The molecule has 0 saturated heterocycles. The van der Waals surface area contributed by atoms with Gasteiger partial charge < -0.3 is 11.1 Å². The van der Waals surface area contributed by atoms with E-state index in [1.54, 1.807) is 6.07 Å². The van der Waals surface area contributed by atoms with Crippen LogP contribution in [-0.4, -0.2) is 17.4 Å². The molecule has 106 valence electrons. The summed E-state index contributed by atoms with van der Waals surface area (Å²) in [5.74, 6) is -0.419. The monoisotopic (exact) mass is 279 g/mol. The van der Waals surface area contributed by atoms with Gasteiger partial charge in [0.25, 0.3) is 5.91 Å². The van der Waals surface area contributed by atoms with Gasteiger partial charge in [-0.1, -0.05) is 36.4 Å². The Morgan fingerprint density at radius 2 is 2.05 bits per heavy atom. The lowest BCUT2D eigenvalue weighted by Crippen LogP contribution is -2.18. The topological polar surface area (TPSA) is 68.0 Å². The molecule has 4 nitrogen and oxygen atoms in total. The Morgan fingerprint density at radius 3 is 2.81 bits per heavy atom. The summed E-state index contributed by atoms with van der Waals surface area (Å²) in [4.78, 5) is 16.2. The van der Waals surface area contributed by atoms with E-state index >= 15 is 0 Å². The van der Waals surface area contributed by atoms with Crippen LogP contribution in [0.1, 0.15) is 27.3 Å². The van der Waals surface area contributed by atoms with E-state index in [0.29, 0.717) is 12.1 Å². The van der Waals surface area contributed by atoms with Crippen molar-refractivity contribution in [3.05, 3.63) is 65.0 Å². The first-order chi connectivity index (χ1) is 10.2. The molecule has 0 atom stereocenters. The molecule has 2 heterocycles. The molecule has 1 aliphatic heterocycles. The number of hydrogen-bond donors (Lipinski definition) is 2. The van der Waals surface area contributed by atoms with Gasteiger partial charge in [-0.25, -0.2) is 0 Å². The Labute approximate surface area is 123 Å². The summed E-state index contributed by atoms with van der Waals surface area (Å²) < 4.78 is 0. The van der Waals surface area contributed by atoms with E-state index in [2.05, 4.69) is 22.4 Å². The molecule has 21 heavy (non-hydrogen) atoms. The molecule has 0 spiro atoms. The lowest BCUT2D eigenvalue weighted by Gasteiger charge is -2.16. The maximum Gasteiger partial charge on any atom is 0.250 e. The van der Waals surface area contributed by atoms with E-state index in [-0.39, 0.29) is 0 Å². The standard InChI is InChI=1S/C17H17N3O/c18-17(21)14-11-13(9-8-12-5-2-1-3-6-12)20-15-7-4-10-19-16(14)15/h1-7,11,19H,8-10H2,(H2,18,21). The molecule has 4 heteroatoms. The molecular formula is C17H17N3O. The summed E-state index contributed by atoms with van der Waals surface area (Å²) in [6.07, 6.45) is 5.60. The number of rotatable bonds is 4. The highest BCUT2D eigenvalue weighted by atomic mass is 16.1. The highest BCUT2D eigenvalue weighted by molar-refractivity contribution is 6.00. The van der Waals surface area contributed by atoms with E-state index in [4.69, 9.17) is 5.73 Å². The Balaban J connectivity index is 1.88. The summed E-state index contributed by atoms with van der Waals surface area (Å²) in [7, 11) is 0. The fourth-order valence-corrected chi connectivity index (χ4v) is 2.50. The molecule has 0 saturated carbocycles. The zero-order valence-electron chi connectivity index (χ0n) is 11.7. The first-order valence-corrected chi connectivity index (χ1v) is 7.02. The molecule has 1 amide bonds. The molecule has 1 aromatic carbocycles. The third-order valence-corrected chi connectivity index (χ3v) is 3.55. The normalized spacial score (nSPS) is 12.6. The van der Waals surface area contributed by atoms with E-state index in [0.717, 1.165) is 29.9 Å². The second kappa shape index (κ2) is 5.79. The minimum absolute atomic E-state index is 0.419. The van der Waals surface area contributed by atoms with Crippen LogP contribution < -0.4 is 11.1 Å². The molecule has 2 aromatic rings. The van der Waals surface area contributed by atoms with Crippen molar-refractivity contribution in [2.45, 2.75) is 12.8 Å². The number of nitrogens with two attached hydrogens (primary N) is 1. The average molecular weight is 279 g/mol. The van der Waals surface area contributed by atoms with Gasteiger partial charge in [0, 0.05) is 12.2 Å². The molecule has 0 bridgehead atoms. The van der Waals surface area contributed by atoms with E-state index in [9.17, 15) is 4.79 Å². The molecule has 0 unspecified atom stereocenters. The van der Waals surface area contributed by atoms with Crippen LogP contribution in [0, 0.1) is 0 Å². The van der Waals surface area contributed by atoms with Gasteiger partial charge >= 0.3 is 0 Å². The van der Waals surface area contributed by atoms with E-state index < -0.39 is 5.91 Å². The van der Waals surface area contributed by atoms with Crippen molar-refractivity contribution in [1.29, 1.82) is 0 Å². The number of aromatic nitrogens is 1. The number of carbonyl (C=O) groups is 1. The predicted octanol–water partition coefficient (Wildman–Crippen LogP) is 2.40. The molecule has 0 radical (unpaired) electrons. The number of aryl methyl sites for hydroxylation is 2. The zero-order valence-corrected chi connectivity index (χ0v) is 11.7. The third kappa shape index (κ3) is 2.94. The Bertz CT molecular complexity index is 693. The van der Waals surface area contributed by atoms with Crippen LogP contribution in [0.15, 0.2) is 42.5 Å².